The smallest absolute Gasteiger partial charge is 0.178 e. The van der Waals surface area contributed by atoms with Crippen molar-refractivity contribution in [3.8, 4) is 28.4 Å². The Balaban J connectivity index is 1.23. The summed E-state index contributed by atoms with van der Waals surface area (Å²) in [6.07, 6.45) is 12.2. The van der Waals surface area contributed by atoms with Crippen LogP contribution < -0.4 is 19.1 Å². The summed E-state index contributed by atoms with van der Waals surface area (Å²) in [6.45, 7) is 15.3. The van der Waals surface area contributed by atoms with Gasteiger partial charge in [0.2, 0.25) is 0 Å². The van der Waals surface area contributed by atoms with E-state index in [1.54, 1.807) is 18.9 Å². The van der Waals surface area contributed by atoms with Crippen LogP contribution in [0.5, 0.6) is 17.2 Å². The van der Waals surface area contributed by atoms with Gasteiger partial charge in [0.25, 0.3) is 0 Å². The number of anilines is 1. The fraction of sp³-hybridized carbons (Fsp3) is 0.368. The van der Waals surface area contributed by atoms with E-state index >= 15 is 0 Å². The number of benzene rings is 6. The summed E-state index contributed by atoms with van der Waals surface area (Å²) >= 11 is 1.79. The molecule has 5 nitrogen and oxygen atoms in total. The van der Waals surface area contributed by atoms with Crippen molar-refractivity contribution in [1.82, 2.24) is 0 Å². The van der Waals surface area contributed by atoms with E-state index in [1.807, 2.05) is 7.11 Å². The van der Waals surface area contributed by atoms with Crippen molar-refractivity contribution in [2.75, 3.05) is 32.2 Å². The molecule has 6 heteroatoms. The van der Waals surface area contributed by atoms with Crippen LogP contribution in [0.25, 0.3) is 28.0 Å². The highest BCUT2D eigenvalue weighted by Gasteiger charge is 2.52. The average molecular weight is 856 g/mol. The van der Waals surface area contributed by atoms with Gasteiger partial charge in [-0.2, -0.15) is 0 Å². The van der Waals surface area contributed by atoms with Crippen molar-refractivity contribution in [3.05, 3.63) is 148 Å². The number of ether oxygens (including phenoxy) is 4. The molecular formula is C57H61NO4S. The molecule has 1 saturated carbocycles. The van der Waals surface area contributed by atoms with Crippen LogP contribution in [0.1, 0.15) is 105 Å². The molecule has 2 heterocycles. The molecule has 6 aromatic carbocycles. The lowest BCUT2D eigenvalue weighted by atomic mass is 9.58. The number of hydrogen-bond donors (Lipinski definition) is 0. The number of fused-ring (bicyclic) bond motifs is 10. The zero-order chi connectivity index (χ0) is 43.7. The fourth-order valence-corrected chi connectivity index (χ4v) is 12.9. The molecule has 0 bridgehead atoms. The van der Waals surface area contributed by atoms with Crippen LogP contribution in [0.4, 0.5) is 5.69 Å². The van der Waals surface area contributed by atoms with Gasteiger partial charge in [0.05, 0.1) is 31.3 Å². The molecule has 2 fully saturated rings. The van der Waals surface area contributed by atoms with Gasteiger partial charge in [0, 0.05) is 51.2 Å². The van der Waals surface area contributed by atoms with Crippen molar-refractivity contribution in [2.45, 2.75) is 113 Å². The third kappa shape index (κ3) is 6.77. The Morgan fingerprint density at radius 3 is 2.02 bits per heavy atom. The number of nitrogens with zero attached hydrogens (tertiary/aromatic N) is 1. The maximum atomic E-state index is 7.95. The van der Waals surface area contributed by atoms with Crippen LogP contribution >= 0.6 is 11.8 Å². The second-order valence-electron chi connectivity index (χ2n) is 18.8. The third-order valence-electron chi connectivity index (χ3n) is 15.4. The number of methoxy groups -OCH3 is 2. The first-order valence-electron chi connectivity index (χ1n) is 23.2. The number of rotatable bonds is 9. The molecule has 1 unspecified atom stereocenters. The van der Waals surface area contributed by atoms with E-state index in [0.29, 0.717) is 5.41 Å². The predicted molar refractivity (Wildman–Crippen MR) is 260 cm³/mol. The molecule has 0 amide bonds. The Bertz CT molecular complexity index is 2690. The van der Waals surface area contributed by atoms with Crippen molar-refractivity contribution in [1.29, 1.82) is 0 Å². The van der Waals surface area contributed by atoms with Gasteiger partial charge in [-0.25, -0.2) is 0 Å². The average Bonchev–Trinajstić information content (AvgIpc) is 3.59. The highest BCUT2D eigenvalue weighted by Crippen LogP contribution is 2.65. The molecule has 6 aromatic rings. The SMILES string of the molecule is CCC1(CC)CCC2(CC1)c1ccccc1-c1c2c2c(c3cc(Sc4c(C)cccc4C)c(OC)cc13)OC(c1ccc(OC)cc1)(c1ccc(N3C[C@@H](C)O[C@@H](C)C3)cc1)C=C2. The van der Waals surface area contributed by atoms with Crippen molar-refractivity contribution in [3.63, 3.8) is 0 Å². The molecule has 2 aliphatic carbocycles. The van der Waals surface area contributed by atoms with Gasteiger partial charge in [-0.1, -0.05) is 111 Å². The van der Waals surface area contributed by atoms with Gasteiger partial charge in [-0.05, 0) is 140 Å². The predicted octanol–water partition coefficient (Wildman–Crippen LogP) is 14.2. The highest BCUT2D eigenvalue weighted by molar-refractivity contribution is 7.99. The Labute approximate surface area is 378 Å². The summed E-state index contributed by atoms with van der Waals surface area (Å²) < 4.78 is 26.1. The van der Waals surface area contributed by atoms with E-state index in [1.165, 1.54) is 80.6 Å². The van der Waals surface area contributed by atoms with E-state index in [4.69, 9.17) is 18.9 Å². The van der Waals surface area contributed by atoms with Gasteiger partial charge in [0.1, 0.15) is 17.2 Å². The standard InChI is InChI=1S/C57H61NO4S/c1-9-55(10-2)28-30-56(31-29-55)48-17-12-11-16-44(48)51-46-32-49(60-8)50(63-54-36(3)14-13-15-37(54)4)33-47(46)53-45(52(51)56)26-27-57(62-53,41-20-24-43(59-7)25-21-41)40-18-22-42(23-19-40)58-34-38(5)61-39(6)35-58/h11-27,32-33,38-39H,9-10,28-31,34-35H2,1-8H3/t38-,39+,57?. The summed E-state index contributed by atoms with van der Waals surface area (Å²) in [6, 6.07) is 38.0. The Hall–Kier alpha value is -5.17. The zero-order valence-corrected chi connectivity index (χ0v) is 39.1. The van der Waals surface area contributed by atoms with E-state index in [0.717, 1.165) is 64.6 Å². The minimum atomic E-state index is -0.921. The van der Waals surface area contributed by atoms with Crippen molar-refractivity contribution >= 4 is 34.3 Å². The minimum Gasteiger partial charge on any atom is -0.497 e. The summed E-state index contributed by atoms with van der Waals surface area (Å²) in [5.41, 5.74) is 11.9. The molecule has 10 rings (SSSR count). The van der Waals surface area contributed by atoms with Crippen molar-refractivity contribution in [2.24, 2.45) is 5.41 Å². The van der Waals surface area contributed by atoms with Crippen LogP contribution in [0.2, 0.25) is 0 Å². The maximum Gasteiger partial charge on any atom is 0.178 e. The van der Waals surface area contributed by atoms with Gasteiger partial charge in [-0.15, -0.1) is 0 Å². The summed E-state index contributed by atoms with van der Waals surface area (Å²) in [5, 5.41) is 2.29. The summed E-state index contributed by atoms with van der Waals surface area (Å²) in [5.74, 6) is 2.63. The molecule has 0 aromatic heterocycles. The lowest BCUT2D eigenvalue weighted by Gasteiger charge is -2.47. The monoisotopic (exact) mass is 855 g/mol. The second-order valence-corrected chi connectivity index (χ2v) is 19.9. The lowest BCUT2D eigenvalue weighted by molar-refractivity contribution is -0.00522. The first kappa shape index (κ1) is 41.8. The topological polar surface area (TPSA) is 40.2 Å². The van der Waals surface area contributed by atoms with Gasteiger partial charge in [0.15, 0.2) is 5.60 Å². The molecule has 4 aliphatic rings. The van der Waals surface area contributed by atoms with Crippen LogP contribution in [-0.4, -0.2) is 39.5 Å². The zero-order valence-electron chi connectivity index (χ0n) is 38.3. The van der Waals surface area contributed by atoms with Crippen LogP contribution in [0.15, 0.2) is 119 Å². The lowest BCUT2D eigenvalue weighted by Crippen LogP contribution is -2.45. The normalized spacial score (nSPS) is 21.7. The minimum absolute atomic E-state index is 0.126. The summed E-state index contributed by atoms with van der Waals surface area (Å²) in [4.78, 5) is 4.78. The number of aryl methyl sites for hydroxylation is 2. The molecule has 63 heavy (non-hydrogen) atoms. The molecule has 0 radical (unpaired) electrons. The molecule has 1 spiro atoms. The highest BCUT2D eigenvalue weighted by atomic mass is 32.2. The Morgan fingerprint density at radius 2 is 1.38 bits per heavy atom. The second kappa shape index (κ2) is 16.1. The maximum absolute atomic E-state index is 7.95. The van der Waals surface area contributed by atoms with Gasteiger partial charge in [-0.3, -0.25) is 0 Å². The van der Waals surface area contributed by atoms with E-state index in [-0.39, 0.29) is 17.6 Å². The number of morpholine rings is 1. The first-order valence-corrected chi connectivity index (χ1v) is 24.0. The third-order valence-corrected chi connectivity index (χ3v) is 16.8. The van der Waals surface area contributed by atoms with E-state index < -0.39 is 5.60 Å². The van der Waals surface area contributed by atoms with Crippen LogP contribution in [-0.2, 0) is 15.8 Å². The fourth-order valence-electron chi connectivity index (χ4n) is 11.8. The number of hydrogen-bond acceptors (Lipinski definition) is 6. The molecule has 324 valence electrons. The molecular weight excluding hydrogens is 795 g/mol. The molecule has 1 saturated heterocycles. The largest absolute Gasteiger partial charge is 0.497 e. The Kier molecular flexibility index (Phi) is 10.7. The first-order chi connectivity index (χ1) is 30.6. The van der Waals surface area contributed by atoms with Crippen LogP contribution in [0, 0.1) is 19.3 Å². The van der Waals surface area contributed by atoms with E-state index in [2.05, 4.69) is 162 Å². The molecule has 2 aliphatic heterocycles. The van der Waals surface area contributed by atoms with E-state index in [9.17, 15) is 0 Å². The quantitative estimate of drug-likeness (QED) is 0.144. The van der Waals surface area contributed by atoms with Crippen LogP contribution in [0.3, 0.4) is 0 Å². The Morgan fingerprint density at radius 1 is 0.730 bits per heavy atom. The van der Waals surface area contributed by atoms with Gasteiger partial charge < -0.3 is 23.8 Å². The van der Waals surface area contributed by atoms with Gasteiger partial charge >= 0.3 is 0 Å². The molecule has 3 atom stereocenters. The summed E-state index contributed by atoms with van der Waals surface area (Å²) in [7, 11) is 3.54. The molecule has 0 N–H and O–H groups in total. The van der Waals surface area contributed by atoms with Crippen molar-refractivity contribution < 1.29 is 18.9 Å².